The van der Waals surface area contributed by atoms with Crippen LogP contribution in [0.3, 0.4) is 0 Å². The van der Waals surface area contributed by atoms with Gasteiger partial charge < -0.3 is 19.9 Å². The van der Waals surface area contributed by atoms with Crippen molar-refractivity contribution in [2.75, 3.05) is 13.3 Å². The Morgan fingerprint density at radius 2 is 1.87 bits per heavy atom. The predicted octanol–water partition coefficient (Wildman–Crippen LogP) is 5.87. The number of fused-ring (bicyclic) bond motifs is 5. The molecular weight excluding hydrogens is 808 g/mol. The fourth-order valence-corrected chi connectivity index (χ4v) is 10.7. The van der Waals surface area contributed by atoms with Gasteiger partial charge in [0.25, 0.3) is 11.8 Å². The first kappa shape index (κ1) is 43.5. The van der Waals surface area contributed by atoms with E-state index in [-0.39, 0.29) is 54.7 Å². The second-order valence-corrected chi connectivity index (χ2v) is 19.8. The molecule has 0 bridgehead atoms. The second kappa shape index (κ2) is 15.7. The first-order valence-electron chi connectivity index (χ1n) is 20.8. The average Bonchev–Trinajstić information content (AvgIpc) is 4.12. The fraction of sp³-hybridized carbons (Fsp3) is 0.643. The van der Waals surface area contributed by atoms with E-state index in [0.29, 0.717) is 43.1 Å². The van der Waals surface area contributed by atoms with Crippen LogP contribution < -0.4 is 19.5 Å². The van der Waals surface area contributed by atoms with Crippen molar-refractivity contribution < 1.29 is 55.3 Å². The van der Waals surface area contributed by atoms with Crippen molar-refractivity contribution in [2.24, 2.45) is 17.8 Å². The van der Waals surface area contributed by atoms with Crippen molar-refractivity contribution in [1.82, 2.24) is 24.8 Å². The number of rotatable bonds is 9. The van der Waals surface area contributed by atoms with Gasteiger partial charge in [-0.25, -0.2) is 17.6 Å². The van der Waals surface area contributed by atoms with Crippen LogP contribution in [0.5, 0.6) is 11.8 Å². The topological polar surface area (TPSA) is 185 Å². The largest absolute Gasteiger partial charge is 0.477 e. The molecule has 2 saturated carbocycles. The molecule has 1 saturated heterocycles. The van der Waals surface area contributed by atoms with Gasteiger partial charge in [0.15, 0.2) is 5.60 Å². The van der Waals surface area contributed by atoms with Crippen LogP contribution in [0.4, 0.5) is 18.0 Å². The number of nitrogens with zero attached hydrogens (tertiary/aromatic N) is 3. The zero-order valence-corrected chi connectivity index (χ0v) is 35.3. The van der Waals surface area contributed by atoms with Crippen LogP contribution in [0.1, 0.15) is 98.0 Å². The van der Waals surface area contributed by atoms with Crippen LogP contribution in [-0.4, -0.2) is 105 Å². The number of ether oxygens (including phenoxy) is 2. The number of carbonyl (C=O) groups is 4. The van der Waals surface area contributed by atoms with E-state index in [1.807, 2.05) is 11.6 Å². The number of halogens is 3. The number of hydrogen-bond donors (Lipinski definition) is 3. The maximum absolute atomic E-state index is 17.8. The average molecular weight is 862 g/mol. The number of allylic oxidation sites excluding steroid dienone is 1. The van der Waals surface area contributed by atoms with Crippen LogP contribution in [0.2, 0.25) is 0 Å². The molecule has 18 heteroatoms. The molecule has 2 aromatic rings. The Bertz CT molecular complexity index is 2200. The predicted molar refractivity (Wildman–Crippen MR) is 213 cm³/mol. The first-order chi connectivity index (χ1) is 28.3. The fourth-order valence-electron chi connectivity index (χ4n) is 9.28. The summed E-state index contributed by atoms with van der Waals surface area (Å²) in [6.07, 6.45) is 3.84. The van der Waals surface area contributed by atoms with E-state index >= 15 is 13.6 Å². The number of hydrogen-bond acceptors (Lipinski definition) is 9. The molecule has 1 aromatic carbocycles. The number of aromatic nitrogens is 1. The third-order valence-corrected chi connectivity index (χ3v) is 15.5. The van der Waals surface area contributed by atoms with E-state index in [2.05, 4.69) is 10.3 Å². The van der Waals surface area contributed by atoms with Crippen molar-refractivity contribution >= 4 is 44.6 Å². The van der Waals surface area contributed by atoms with Crippen LogP contribution in [-0.2, 0) is 30.8 Å². The zero-order chi connectivity index (χ0) is 43.6. The molecule has 60 heavy (non-hydrogen) atoms. The summed E-state index contributed by atoms with van der Waals surface area (Å²) in [5.41, 5.74) is -3.86. The minimum absolute atomic E-state index is 0.0100. The van der Waals surface area contributed by atoms with Gasteiger partial charge in [-0.3, -0.25) is 28.9 Å². The highest BCUT2D eigenvalue weighted by atomic mass is 32.2. The van der Waals surface area contributed by atoms with Gasteiger partial charge in [-0.2, -0.15) is 13.8 Å². The second-order valence-electron chi connectivity index (χ2n) is 17.7. The van der Waals surface area contributed by atoms with Crippen LogP contribution in [0.25, 0.3) is 10.8 Å². The Kier molecular flexibility index (Phi) is 11.4. The monoisotopic (exact) mass is 861 g/mol. The third kappa shape index (κ3) is 7.33. The van der Waals surface area contributed by atoms with Crippen LogP contribution >= 0.6 is 0 Å². The highest BCUT2D eigenvalue weighted by Crippen LogP contribution is 2.52. The van der Waals surface area contributed by atoms with Gasteiger partial charge in [0.05, 0.1) is 6.61 Å². The number of amides is 4. The van der Waals surface area contributed by atoms with Gasteiger partial charge >= 0.3 is 12.1 Å². The summed E-state index contributed by atoms with van der Waals surface area (Å²) < 4.78 is 88.2. The minimum Gasteiger partial charge on any atom is -0.477 e. The summed E-state index contributed by atoms with van der Waals surface area (Å²) in [6.45, 7) is 6.97. The number of benzene rings is 1. The minimum atomic E-state index is -4.55. The Balaban J connectivity index is 1.35. The number of carbonyl (C=O) groups excluding carboxylic acids is 3. The van der Waals surface area contributed by atoms with Crippen LogP contribution in [0, 0.1) is 17.8 Å². The Morgan fingerprint density at radius 1 is 1.17 bits per heavy atom. The molecule has 3 aliphatic heterocycles. The van der Waals surface area contributed by atoms with Gasteiger partial charge in [0, 0.05) is 29.3 Å². The lowest BCUT2D eigenvalue weighted by Gasteiger charge is -2.42. The Morgan fingerprint density at radius 3 is 2.52 bits per heavy atom. The molecule has 3 N–H and O–H groups in total. The lowest BCUT2D eigenvalue weighted by molar-refractivity contribution is -0.219. The Labute approximate surface area is 347 Å². The molecule has 3 fully saturated rings. The maximum atomic E-state index is 17.8. The zero-order valence-electron chi connectivity index (χ0n) is 34.5. The summed E-state index contributed by atoms with van der Waals surface area (Å²) in [6, 6.07) is -1.93. The van der Waals surface area contributed by atoms with Gasteiger partial charge in [-0.15, -0.1) is 0 Å². The molecule has 5 aliphatic rings. The molecule has 1 unspecified atom stereocenters. The highest BCUT2D eigenvalue weighted by molar-refractivity contribution is 7.91. The van der Waals surface area contributed by atoms with Crippen molar-refractivity contribution in [3.63, 3.8) is 0 Å². The number of aryl methyl sites for hydroxylation is 1. The van der Waals surface area contributed by atoms with Crippen molar-refractivity contribution in [3.05, 3.63) is 42.0 Å². The van der Waals surface area contributed by atoms with E-state index < -0.39 is 98.8 Å². The molecule has 8 atom stereocenters. The molecule has 4 amide bonds. The van der Waals surface area contributed by atoms with Gasteiger partial charge in [-0.05, 0) is 94.9 Å². The van der Waals surface area contributed by atoms with E-state index in [9.17, 15) is 32.3 Å². The molecule has 2 aliphatic carbocycles. The summed E-state index contributed by atoms with van der Waals surface area (Å²) in [7, 11) is -4.55. The number of alkyl halides is 3. The molecule has 1 aromatic heterocycles. The standard InChI is InChI=1S/C42H54F3N5O9S/c1-6-26(4)49(38(54)55)32-25(3)20-24(2)12-7-8-13-27-21-41(27,37(53)48-60(56,57)40(23-43)17-18-40)47-33(51)31-22-39(5,42(44,45)50(31)36(32)52)59-35-30-15-10-9-14-28(30)29-16-11-19-58-34(29)46-35/h8-10,13-15,24-27,31-32H,6-7,11-12,16-23H2,1-5H3,(H,47,51)(H,48,53)(H,54,55)/b13-8-/t24-,25-,26?,27-,31+,32+,39-,41-/m1/s1. The third-order valence-electron chi connectivity index (χ3n) is 13.4. The lowest BCUT2D eigenvalue weighted by Crippen LogP contribution is -2.64. The van der Waals surface area contributed by atoms with Crippen molar-refractivity contribution in [3.8, 4) is 11.8 Å². The summed E-state index contributed by atoms with van der Waals surface area (Å²) in [4.78, 5) is 62.4. The number of sulfonamides is 1. The molecule has 0 radical (unpaired) electrons. The summed E-state index contributed by atoms with van der Waals surface area (Å²) in [5, 5.41) is 14.2. The van der Waals surface area contributed by atoms with Crippen LogP contribution in [0.15, 0.2) is 36.4 Å². The van der Waals surface area contributed by atoms with E-state index in [4.69, 9.17) is 9.47 Å². The molecule has 4 heterocycles. The first-order valence-corrected chi connectivity index (χ1v) is 22.3. The number of pyridine rings is 1. The van der Waals surface area contributed by atoms with E-state index in [0.717, 1.165) is 17.4 Å². The SMILES string of the molecule is CCC(C)N(C(=O)O)[C@@H]1C(=O)N2[C@@H](C[C@@](C)(Oc3nc4c(c5ccccc35)CCCO4)C2(F)F)C(=O)N[C@]2(C(=O)NS(=O)(=O)C3(CF)CC3)C[C@H]2/C=C\CC[C@@H](C)C[C@H]1C. The molecule has 0 spiro atoms. The maximum Gasteiger partial charge on any atom is 0.408 e. The van der Waals surface area contributed by atoms with E-state index in [1.165, 1.54) is 0 Å². The molecule has 328 valence electrons. The summed E-state index contributed by atoms with van der Waals surface area (Å²) in [5.74, 6) is -5.42. The quantitative estimate of drug-likeness (QED) is 0.204. The summed E-state index contributed by atoms with van der Waals surface area (Å²) >= 11 is 0. The smallest absolute Gasteiger partial charge is 0.408 e. The van der Waals surface area contributed by atoms with Crippen molar-refractivity contribution in [1.29, 1.82) is 0 Å². The highest BCUT2D eigenvalue weighted by Gasteiger charge is 2.71. The number of carboxylic acid groups (broad SMARTS) is 1. The normalized spacial score (nSPS) is 32.1. The van der Waals surface area contributed by atoms with E-state index in [1.54, 1.807) is 57.2 Å². The van der Waals surface area contributed by atoms with Crippen molar-refractivity contribution in [2.45, 2.75) is 139 Å². The number of nitrogens with one attached hydrogen (secondary N) is 2. The molecule has 7 rings (SSSR count). The Hall–Kier alpha value is -4.61. The molecule has 14 nitrogen and oxygen atoms in total. The van der Waals surface area contributed by atoms with Gasteiger partial charge in [0.1, 0.15) is 29.0 Å². The van der Waals surface area contributed by atoms with Gasteiger partial charge in [-0.1, -0.05) is 51.1 Å². The lowest BCUT2D eigenvalue weighted by atomic mass is 9.86. The van der Waals surface area contributed by atoms with Gasteiger partial charge in [0.2, 0.25) is 27.7 Å². The molecular formula is C42H54F3N5O9S.